The number of nitrogens with zero attached hydrogens (tertiary/aromatic N) is 1. The van der Waals surface area contributed by atoms with Gasteiger partial charge in [0.05, 0.1) is 5.56 Å². The summed E-state index contributed by atoms with van der Waals surface area (Å²) in [6.45, 7) is 3.50. The van der Waals surface area contributed by atoms with Crippen LogP contribution >= 0.6 is 0 Å². The molecule has 126 valence electrons. The van der Waals surface area contributed by atoms with Crippen molar-refractivity contribution in [1.82, 2.24) is 0 Å². The Kier molecular flexibility index (Phi) is 5.58. The molecule has 2 rings (SSSR count). The van der Waals surface area contributed by atoms with E-state index in [1.54, 1.807) is 31.2 Å². The van der Waals surface area contributed by atoms with Crippen LogP contribution < -0.4 is 10.2 Å². The molecule has 0 fully saturated rings. The minimum Gasteiger partial charge on any atom is -0.449 e. The maximum atomic E-state index is 12.2. The van der Waals surface area contributed by atoms with Gasteiger partial charge >= 0.3 is 5.97 Å². The maximum Gasteiger partial charge on any atom is 0.338 e. The molecule has 5 heteroatoms. The van der Waals surface area contributed by atoms with Crippen LogP contribution in [-0.2, 0) is 9.53 Å². The lowest BCUT2D eigenvalue weighted by Crippen LogP contribution is -2.30. The standard InChI is InChI=1S/C19H22N2O3/c1-13-7-5-9-16(11-13)20-18(22)14(2)24-19(23)15-8-6-10-17(12-15)21(3)4/h5-12,14H,1-4H3,(H,20,22)/t14-/m0/s1. The maximum absolute atomic E-state index is 12.2. The van der Waals surface area contributed by atoms with E-state index in [1.165, 1.54) is 0 Å². The summed E-state index contributed by atoms with van der Waals surface area (Å²) in [6.07, 6.45) is -0.888. The lowest BCUT2D eigenvalue weighted by atomic mass is 10.2. The highest BCUT2D eigenvalue weighted by atomic mass is 16.5. The second-order valence-corrected chi connectivity index (χ2v) is 5.85. The van der Waals surface area contributed by atoms with Crippen LogP contribution in [-0.4, -0.2) is 32.1 Å². The van der Waals surface area contributed by atoms with Gasteiger partial charge in [0.15, 0.2) is 6.10 Å². The highest BCUT2D eigenvalue weighted by Crippen LogP contribution is 2.15. The minimum absolute atomic E-state index is 0.363. The summed E-state index contributed by atoms with van der Waals surface area (Å²) in [5.41, 5.74) is 3.02. The molecule has 1 N–H and O–H groups in total. The molecule has 2 aromatic carbocycles. The van der Waals surface area contributed by atoms with Gasteiger partial charge in [-0.25, -0.2) is 4.79 Å². The van der Waals surface area contributed by atoms with Crippen LogP contribution in [0.2, 0.25) is 0 Å². The van der Waals surface area contributed by atoms with Crippen molar-refractivity contribution in [1.29, 1.82) is 0 Å². The average Bonchev–Trinajstić information content (AvgIpc) is 2.54. The number of anilines is 2. The number of amides is 1. The summed E-state index contributed by atoms with van der Waals surface area (Å²) in [5, 5.41) is 2.74. The Morgan fingerprint density at radius 1 is 1.08 bits per heavy atom. The first-order valence-electron chi connectivity index (χ1n) is 7.72. The van der Waals surface area contributed by atoms with Crippen molar-refractivity contribution in [3.8, 4) is 0 Å². The van der Waals surface area contributed by atoms with Gasteiger partial charge in [-0.05, 0) is 49.7 Å². The Bertz CT molecular complexity index is 741. The van der Waals surface area contributed by atoms with E-state index in [0.29, 0.717) is 11.3 Å². The quantitative estimate of drug-likeness (QED) is 0.857. The van der Waals surface area contributed by atoms with Crippen LogP contribution in [0.15, 0.2) is 48.5 Å². The average molecular weight is 326 g/mol. The zero-order chi connectivity index (χ0) is 17.7. The fourth-order valence-electron chi connectivity index (χ4n) is 2.16. The smallest absolute Gasteiger partial charge is 0.338 e. The summed E-state index contributed by atoms with van der Waals surface area (Å²) >= 11 is 0. The van der Waals surface area contributed by atoms with Crippen LogP contribution in [0.25, 0.3) is 0 Å². The number of carbonyl (C=O) groups is 2. The van der Waals surface area contributed by atoms with E-state index in [-0.39, 0.29) is 5.91 Å². The number of carbonyl (C=O) groups excluding carboxylic acids is 2. The number of nitrogens with one attached hydrogen (secondary N) is 1. The fourth-order valence-corrected chi connectivity index (χ4v) is 2.16. The van der Waals surface area contributed by atoms with Gasteiger partial charge in [-0.15, -0.1) is 0 Å². The van der Waals surface area contributed by atoms with E-state index in [9.17, 15) is 9.59 Å². The van der Waals surface area contributed by atoms with E-state index < -0.39 is 12.1 Å². The molecule has 2 aromatic rings. The molecule has 0 saturated carbocycles. The molecule has 0 heterocycles. The third kappa shape index (κ3) is 4.59. The second kappa shape index (κ2) is 7.64. The van der Waals surface area contributed by atoms with E-state index in [0.717, 1.165) is 11.3 Å². The zero-order valence-corrected chi connectivity index (χ0v) is 14.4. The highest BCUT2D eigenvalue weighted by molar-refractivity contribution is 5.97. The van der Waals surface area contributed by atoms with Gasteiger partial charge in [-0.2, -0.15) is 0 Å². The van der Waals surface area contributed by atoms with Crippen molar-refractivity contribution < 1.29 is 14.3 Å². The Morgan fingerprint density at radius 2 is 1.79 bits per heavy atom. The molecule has 1 atom stereocenters. The summed E-state index contributed by atoms with van der Waals surface area (Å²) in [7, 11) is 3.78. The van der Waals surface area contributed by atoms with Crippen molar-refractivity contribution in [3.05, 3.63) is 59.7 Å². The first-order valence-corrected chi connectivity index (χ1v) is 7.72. The van der Waals surface area contributed by atoms with Crippen LogP contribution in [0.5, 0.6) is 0 Å². The van der Waals surface area contributed by atoms with Gasteiger partial charge in [0.2, 0.25) is 0 Å². The predicted molar refractivity (Wildman–Crippen MR) is 95.5 cm³/mol. The molecular formula is C19H22N2O3. The third-order valence-corrected chi connectivity index (χ3v) is 3.54. The number of aryl methyl sites for hydroxylation is 1. The monoisotopic (exact) mass is 326 g/mol. The number of ether oxygens (including phenoxy) is 1. The van der Waals surface area contributed by atoms with Crippen molar-refractivity contribution in [3.63, 3.8) is 0 Å². The second-order valence-electron chi connectivity index (χ2n) is 5.85. The first-order chi connectivity index (χ1) is 11.4. The molecule has 0 spiro atoms. The molecule has 0 radical (unpaired) electrons. The summed E-state index contributed by atoms with van der Waals surface area (Å²) in [4.78, 5) is 26.3. The van der Waals surface area contributed by atoms with Crippen molar-refractivity contribution >= 4 is 23.3 Å². The van der Waals surface area contributed by atoms with Gasteiger partial charge in [-0.3, -0.25) is 4.79 Å². The topological polar surface area (TPSA) is 58.6 Å². The van der Waals surface area contributed by atoms with Gasteiger partial charge < -0.3 is 15.0 Å². The lowest BCUT2D eigenvalue weighted by Gasteiger charge is -2.16. The van der Waals surface area contributed by atoms with Crippen LogP contribution in [0.3, 0.4) is 0 Å². The van der Waals surface area contributed by atoms with Gasteiger partial charge in [0.1, 0.15) is 0 Å². The fraction of sp³-hybridized carbons (Fsp3) is 0.263. The Hall–Kier alpha value is -2.82. The van der Waals surface area contributed by atoms with Crippen LogP contribution in [0.1, 0.15) is 22.8 Å². The Balaban J connectivity index is 2.00. The normalized spacial score (nSPS) is 11.5. The molecule has 0 saturated heterocycles. The van der Waals surface area contributed by atoms with Crippen LogP contribution in [0, 0.1) is 6.92 Å². The predicted octanol–water partition coefficient (Wildman–Crippen LogP) is 3.25. The van der Waals surface area contributed by atoms with E-state index >= 15 is 0 Å². The van der Waals surface area contributed by atoms with Gasteiger partial charge in [-0.1, -0.05) is 18.2 Å². The number of esters is 1. The van der Waals surface area contributed by atoms with E-state index in [4.69, 9.17) is 4.74 Å². The largest absolute Gasteiger partial charge is 0.449 e. The molecule has 0 aliphatic heterocycles. The van der Waals surface area contributed by atoms with Gasteiger partial charge in [0.25, 0.3) is 5.91 Å². The minimum atomic E-state index is -0.888. The molecule has 24 heavy (non-hydrogen) atoms. The van der Waals surface area contributed by atoms with Crippen LogP contribution in [0.4, 0.5) is 11.4 Å². The molecule has 0 unspecified atom stereocenters. The molecule has 0 bridgehead atoms. The number of rotatable bonds is 5. The van der Waals surface area contributed by atoms with Crippen molar-refractivity contribution in [2.75, 3.05) is 24.3 Å². The number of benzene rings is 2. The summed E-state index contributed by atoms with van der Waals surface area (Å²) in [6, 6.07) is 14.5. The summed E-state index contributed by atoms with van der Waals surface area (Å²) in [5.74, 6) is -0.886. The first kappa shape index (κ1) is 17.5. The van der Waals surface area contributed by atoms with Crippen molar-refractivity contribution in [2.24, 2.45) is 0 Å². The molecule has 0 aliphatic carbocycles. The molecule has 0 aromatic heterocycles. The molecular weight excluding hydrogens is 304 g/mol. The molecule has 0 aliphatic rings. The molecule has 5 nitrogen and oxygen atoms in total. The van der Waals surface area contributed by atoms with Crippen molar-refractivity contribution in [2.45, 2.75) is 20.0 Å². The lowest BCUT2D eigenvalue weighted by molar-refractivity contribution is -0.123. The number of hydrogen-bond donors (Lipinski definition) is 1. The third-order valence-electron chi connectivity index (χ3n) is 3.54. The number of hydrogen-bond acceptors (Lipinski definition) is 4. The van der Waals surface area contributed by atoms with Gasteiger partial charge in [0, 0.05) is 25.5 Å². The Morgan fingerprint density at radius 3 is 2.46 bits per heavy atom. The highest BCUT2D eigenvalue weighted by Gasteiger charge is 2.19. The molecule has 1 amide bonds. The van der Waals surface area contributed by atoms with E-state index in [2.05, 4.69) is 5.32 Å². The Labute approximate surface area is 142 Å². The van der Waals surface area contributed by atoms with E-state index in [1.807, 2.05) is 50.2 Å². The SMILES string of the molecule is Cc1cccc(NC(=O)[C@H](C)OC(=O)c2cccc(N(C)C)c2)c1. The zero-order valence-electron chi connectivity index (χ0n) is 14.4. The summed E-state index contributed by atoms with van der Waals surface area (Å²) < 4.78 is 5.27.